The van der Waals surface area contributed by atoms with Crippen LogP contribution in [0.3, 0.4) is 0 Å². The van der Waals surface area contributed by atoms with Gasteiger partial charge >= 0.3 is 0 Å². The van der Waals surface area contributed by atoms with Crippen LogP contribution in [0, 0.1) is 13.8 Å². The molecule has 2 heteroatoms. The quantitative estimate of drug-likeness (QED) is 0.630. The van der Waals surface area contributed by atoms with Gasteiger partial charge in [-0.2, -0.15) is 0 Å². The molecule has 0 saturated carbocycles. The molecule has 2 aromatic carbocycles. The number of carbonyl (C=O) groups excluding carboxylic acids is 1. The Labute approximate surface area is 101 Å². The molecule has 2 aromatic rings. The fraction of sp³-hybridized carbons (Fsp3) is 0.133. The number of nitrogens with two attached hydrogens (primary N) is 1. The van der Waals surface area contributed by atoms with Crippen LogP contribution in [0.25, 0.3) is 0 Å². The van der Waals surface area contributed by atoms with Gasteiger partial charge in [-0.1, -0.05) is 23.8 Å². The van der Waals surface area contributed by atoms with Crippen molar-refractivity contribution in [3.8, 4) is 0 Å². The summed E-state index contributed by atoms with van der Waals surface area (Å²) in [6.45, 7) is 3.97. The molecule has 0 fully saturated rings. The van der Waals surface area contributed by atoms with Gasteiger partial charge in [-0.15, -0.1) is 0 Å². The number of rotatable bonds is 2. The van der Waals surface area contributed by atoms with E-state index in [0.717, 1.165) is 16.7 Å². The molecule has 0 heterocycles. The van der Waals surface area contributed by atoms with Gasteiger partial charge in [-0.3, -0.25) is 4.79 Å². The number of nitrogen functional groups attached to an aromatic ring is 1. The van der Waals surface area contributed by atoms with E-state index in [2.05, 4.69) is 0 Å². The molecular weight excluding hydrogens is 210 g/mol. The lowest BCUT2D eigenvalue weighted by molar-refractivity contribution is 0.103. The van der Waals surface area contributed by atoms with Gasteiger partial charge in [-0.05, 0) is 43.7 Å². The Morgan fingerprint density at radius 2 is 1.65 bits per heavy atom. The van der Waals surface area contributed by atoms with Crippen LogP contribution in [0.4, 0.5) is 5.69 Å². The maximum atomic E-state index is 12.2. The molecule has 0 saturated heterocycles. The van der Waals surface area contributed by atoms with Crippen LogP contribution in [0.15, 0.2) is 42.5 Å². The van der Waals surface area contributed by atoms with Gasteiger partial charge in [0.25, 0.3) is 0 Å². The molecule has 0 bridgehead atoms. The van der Waals surface area contributed by atoms with E-state index in [9.17, 15) is 4.79 Å². The minimum Gasteiger partial charge on any atom is -0.399 e. The van der Waals surface area contributed by atoms with Crippen LogP contribution in [-0.4, -0.2) is 5.78 Å². The molecule has 0 aromatic heterocycles. The first kappa shape index (κ1) is 11.4. The molecule has 0 radical (unpaired) electrons. The van der Waals surface area contributed by atoms with E-state index in [1.807, 2.05) is 32.0 Å². The summed E-state index contributed by atoms with van der Waals surface area (Å²) in [4.78, 5) is 12.2. The predicted octanol–water partition coefficient (Wildman–Crippen LogP) is 3.12. The van der Waals surface area contributed by atoms with Gasteiger partial charge in [0.15, 0.2) is 5.78 Å². The van der Waals surface area contributed by atoms with Crippen LogP contribution in [-0.2, 0) is 0 Å². The van der Waals surface area contributed by atoms with Crippen molar-refractivity contribution in [3.63, 3.8) is 0 Å². The Balaban J connectivity index is 2.40. The van der Waals surface area contributed by atoms with Crippen LogP contribution in [0.2, 0.25) is 0 Å². The first-order valence-corrected chi connectivity index (χ1v) is 5.55. The average molecular weight is 225 g/mol. The van der Waals surface area contributed by atoms with Crippen molar-refractivity contribution >= 4 is 11.5 Å². The summed E-state index contributed by atoms with van der Waals surface area (Å²) in [6, 6.07) is 12.9. The van der Waals surface area contributed by atoms with Gasteiger partial charge < -0.3 is 5.73 Å². The number of hydrogen-bond donors (Lipinski definition) is 1. The second-order valence-corrected chi connectivity index (χ2v) is 4.27. The van der Waals surface area contributed by atoms with E-state index in [-0.39, 0.29) is 5.78 Å². The molecule has 2 rings (SSSR count). The smallest absolute Gasteiger partial charge is 0.193 e. The molecular formula is C15H15NO. The summed E-state index contributed by atoms with van der Waals surface area (Å²) in [5, 5.41) is 0. The average Bonchev–Trinajstić information content (AvgIpc) is 2.29. The van der Waals surface area contributed by atoms with E-state index in [1.54, 1.807) is 24.3 Å². The fourth-order valence-corrected chi connectivity index (χ4v) is 1.86. The zero-order valence-electron chi connectivity index (χ0n) is 10.0. The van der Waals surface area contributed by atoms with Gasteiger partial charge in [0.05, 0.1) is 0 Å². The highest BCUT2D eigenvalue weighted by Gasteiger charge is 2.11. The number of aryl methyl sites for hydroxylation is 2. The molecule has 0 amide bonds. The molecule has 0 unspecified atom stereocenters. The molecule has 86 valence electrons. The highest BCUT2D eigenvalue weighted by atomic mass is 16.1. The van der Waals surface area contributed by atoms with Crippen molar-refractivity contribution in [2.45, 2.75) is 13.8 Å². The first-order chi connectivity index (χ1) is 8.08. The third-order valence-electron chi connectivity index (χ3n) is 2.80. The molecule has 2 nitrogen and oxygen atoms in total. The van der Waals surface area contributed by atoms with Gasteiger partial charge in [0, 0.05) is 16.8 Å². The Hall–Kier alpha value is -2.09. The molecule has 0 aliphatic heterocycles. The van der Waals surface area contributed by atoms with Crippen molar-refractivity contribution in [1.29, 1.82) is 0 Å². The maximum absolute atomic E-state index is 12.2. The Morgan fingerprint density at radius 3 is 2.24 bits per heavy atom. The molecule has 2 N–H and O–H groups in total. The van der Waals surface area contributed by atoms with Gasteiger partial charge in [0.2, 0.25) is 0 Å². The summed E-state index contributed by atoms with van der Waals surface area (Å²) < 4.78 is 0. The topological polar surface area (TPSA) is 43.1 Å². The van der Waals surface area contributed by atoms with E-state index in [4.69, 9.17) is 5.73 Å². The van der Waals surface area contributed by atoms with Crippen LogP contribution < -0.4 is 5.73 Å². The minimum atomic E-state index is 0.0440. The largest absolute Gasteiger partial charge is 0.399 e. The Bertz CT molecular complexity index is 556. The predicted molar refractivity (Wildman–Crippen MR) is 70.2 cm³/mol. The maximum Gasteiger partial charge on any atom is 0.193 e. The SMILES string of the molecule is Cc1ccc(C(=O)c2ccc(N)cc2)c(C)c1. The summed E-state index contributed by atoms with van der Waals surface area (Å²) in [5.74, 6) is 0.0440. The lowest BCUT2D eigenvalue weighted by Gasteiger charge is -2.06. The highest BCUT2D eigenvalue weighted by Crippen LogP contribution is 2.16. The number of anilines is 1. The monoisotopic (exact) mass is 225 g/mol. The van der Waals surface area contributed by atoms with Crippen molar-refractivity contribution in [2.75, 3.05) is 5.73 Å². The molecule has 0 spiro atoms. The first-order valence-electron chi connectivity index (χ1n) is 5.55. The third kappa shape index (κ3) is 2.36. The number of hydrogen-bond acceptors (Lipinski definition) is 2. The third-order valence-corrected chi connectivity index (χ3v) is 2.80. The summed E-state index contributed by atoms with van der Waals surface area (Å²) >= 11 is 0. The lowest BCUT2D eigenvalue weighted by atomic mass is 9.97. The van der Waals surface area contributed by atoms with Crippen molar-refractivity contribution < 1.29 is 4.79 Å². The van der Waals surface area contributed by atoms with Crippen LogP contribution >= 0.6 is 0 Å². The zero-order valence-corrected chi connectivity index (χ0v) is 10.0. The Morgan fingerprint density at radius 1 is 1.00 bits per heavy atom. The number of carbonyl (C=O) groups is 1. The lowest BCUT2D eigenvalue weighted by Crippen LogP contribution is -2.04. The van der Waals surface area contributed by atoms with Gasteiger partial charge in [0.1, 0.15) is 0 Å². The van der Waals surface area contributed by atoms with E-state index in [0.29, 0.717) is 11.3 Å². The number of ketones is 1. The molecule has 0 atom stereocenters. The highest BCUT2D eigenvalue weighted by molar-refractivity contribution is 6.10. The second-order valence-electron chi connectivity index (χ2n) is 4.27. The molecule has 17 heavy (non-hydrogen) atoms. The molecule has 0 aliphatic rings. The standard InChI is InChI=1S/C15H15NO/c1-10-3-8-14(11(2)9-10)15(17)12-4-6-13(16)7-5-12/h3-9H,16H2,1-2H3. The fourth-order valence-electron chi connectivity index (χ4n) is 1.86. The van der Waals surface area contributed by atoms with Crippen LogP contribution in [0.5, 0.6) is 0 Å². The van der Waals surface area contributed by atoms with Crippen molar-refractivity contribution in [2.24, 2.45) is 0 Å². The summed E-state index contributed by atoms with van der Waals surface area (Å²) in [6.07, 6.45) is 0. The van der Waals surface area contributed by atoms with E-state index >= 15 is 0 Å². The molecule has 0 aliphatic carbocycles. The normalized spacial score (nSPS) is 10.2. The zero-order chi connectivity index (χ0) is 12.4. The van der Waals surface area contributed by atoms with E-state index in [1.165, 1.54) is 0 Å². The van der Waals surface area contributed by atoms with Crippen LogP contribution in [0.1, 0.15) is 27.0 Å². The number of benzene rings is 2. The van der Waals surface area contributed by atoms with Crippen molar-refractivity contribution in [3.05, 3.63) is 64.7 Å². The van der Waals surface area contributed by atoms with E-state index < -0.39 is 0 Å². The minimum absolute atomic E-state index is 0.0440. The Kier molecular flexibility index (Phi) is 2.96. The summed E-state index contributed by atoms with van der Waals surface area (Å²) in [5.41, 5.74) is 9.86. The second kappa shape index (κ2) is 4.42. The van der Waals surface area contributed by atoms with Crippen molar-refractivity contribution in [1.82, 2.24) is 0 Å². The summed E-state index contributed by atoms with van der Waals surface area (Å²) in [7, 11) is 0. The van der Waals surface area contributed by atoms with Gasteiger partial charge in [-0.25, -0.2) is 0 Å².